The second kappa shape index (κ2) is 33.6. The van der Waals surface area contributed by atoms with Gasteiger partial charge in [-0.1, -0.05) is 155 Å². The van der Waals surface area contributed by atoms with Gasteiger partial charge in [-0.25, -0.2) is 0 Å². The Balaban J connectivity index is 0. The Hall–Kier alpha value is -1.97. The van der Waals surface area contributed by atoms with Crippen molar-refractivity contribution in [3.63, 3.8) is 0 Å². The zero-order valence-electron chi connectivity index (χ0n) is 35.0. The van der Waals surface area contributed by atoms with Crippen LogP contribution in [0.2, 0.25) is 0 Å². The molecule has 2 aromatic carbocycles. The van der Waals surface area contributed by atoms with Gasteiger partial charge in [0, 0.05) is 16.0 Å². The molecule has 8 heteroatoms. The molecule has 7 nitrogen and oxygen atoms in total. The summed E-state index contributed by atoms with van der Waals surface area (Å²) in [6.07, 6.45) is 22.1. The van der Waals surface area contributed by atoms with Crippen molar-refractivity contribution in [1.82, 2.24) is 0 Å². The number of hydrogen-bond acceptors (Lipinski definition) is 5. The lowest BCUT2D eigenvalue weighted by Gasteiger charge is -2.39. The molecule has 304 valence electrons. The summed E-state index contributed by atoms with van der Waals surface area (Å²) in [5, 5.41) is 9.56. The van der Waals surface area contributed by atoms with Crippen LogP contribution in [-0.4, -0.2) is 84.0 Å². The summed E-state index contributed by atoms with van der Waals surface area (Å²) in [5.74, 6) is 0.328. The fraction of sp³-hybridized carbons (Fsp3) is 0.727. The van der Waals surface area contributed by atoms with Gasteiger partial charge in [-0.15, -0.1) is 0 Å². The molecule has 0 aliphatic carbocycles. The van der Waals surface area contributed by atoms with E-state index >= 15 is 0 Å². The molecular formula is C44H82N2O5S. The maximum absolute atomic E-state index is 9.56. The number of nitrogens with zero attached hydrogens (tertiary/aromatic N) is 2. The second-order valence-corrected chi connectivity index (χ2v) is 15.4. The maximum atomic E-state index is 9.56. The van der Waals surface area contributed by atoms with Crippen molar-refractivity contribution in [3.05, 3.63) is 54.6 Å². The number of aromatic hydroxyl groups is 1. The Morgan fingerprint density at radius 2 is 0.673 bits per heavy atom. The Labute approximate surface area is 323 Å². The van der Waals surface area contributed by atoms with Gasteiger partial charge in [-0.05, 0) is 63.0 Å². The molecule has 52 heavy (non-hydrogen) atoms. The molecule has 0 spiro atoms. The number of quaternary nitrogens is 2. The summed E-state index contributed by atoms with van der Waals surface area (Å²) in [4.78, 5) is 0. The molecule has 0 amide bonds. The molecule has 0 aliphatic rings. The highest BCUT2D eigenvalue weighted by Crippen LogP contribution is 2.27. The molecule has 2 rings (SSSR count). The smallest absolute Gasteiger partial charge is 0.123 e. The summed E-state index contributed by atoms with van der Waals surface area (Å²) in [6.45, 7) is 30.0. The van der Waals surface area contributed by atoms with E-state index in [2.05, 4.69) is 55.4 Å². The predicted molar refractivity (Wildman–Crippen MR) is 223 cm³/mol. The van der Waals surface area contributed by atoms with Gasteiger partial charge >= 0.3 is 0 Å². The van der Waals surface area contributed by atoms with Crippen LogP contribution in [0.5, 0.6) is 5.75 Å². The fourth-order valence-corrected chi connectivity index (χ4v) is 6.63. The predicted octanol–water partition coefficient (Wildman–Crippen LogP) is 11.7. The highest BCUT2D eigenvalue weighted by atomic mass is 32.3. The van der Waals surface area contributed by atoms with Crippen molar-refractivity contribution in [1.29, 1.82) is 0 Å². The topological polar surface area (TPSA) is 100 Å². The summed E-state index contributed by atoms with van der Waals surface area (Å²) in [5.41, 5.74) is 1.92. The van der Waals surface area contributed by atoms with Crippen LogP contribution < -0.4 is 0 Å². The van der Waals surface area contributed by atoms with E-state index in [9.17, 15) is 5.11 Å². The number of rotatable bonds is 25. The number of para-hydroxylation sites is 1. The van der Waals surface area contributed by atoms with E-state index in [0.29, 0.717) is 5.75 Å². The number of unbranched alkanes of at least 4 members (excludes halogenated alkanes) is 8. The van der Waals surface area contributed by atoms with E-state index in [-0.39, 0.29) is 0 Å². The highest BCUT2D eigenvalue weighted by Gasteiger charge is 2.25. The minimum Gasteiger partial charge on any atom is -0.759 e. The third-order valence-corrected chi connectivity index (χ3v) is 9.88. The van der Waals surface area contributed by atoms with Crippen molar-refractivity contribution in [2.24, 2.45) is 0 Å². The molecular weight excluding hydrogens is 669 g/mol. The lowest BCUT2D eigenvalue weighted by atomic mass is 10.1. The van der Waals surface area contributed by atoms with E-state index in [1.165, 1.54) is 164 Å². The molecule has 0 bridgehead atoms. The Kier molecular flexibility index (Phi) is 33.7. The summed E-state index contributed by atoms with van der Waals surface area (Å²) >= 11 is 0. The first kappa shape index (κ1) is 52.1. The van der Waals surface area contributed by atoms with Crippen LogP contribution in [0.3, 0.4) is 0 Å². The largest absolute Gasteiger partial charge is 0.759 e. The van der Waals surface area contributed by atoms with Gasteiger partial charge in [0.05, 0.1) is 52.4 Å². The summed E-state index contributed by atoms with van der Waals surface area (Å²) < 4.78 is 36.9. The lowest BCUT2D eigenvalue weighted by molar-refractivity contribution is -0.929. The zero-order chi connectivity index (χ0) is 39.6. The first-order chi connectivity index (χ1) is 24.9. The van der Waals surface area contributed by atoms with Gasteiger partial charge in [0.2, 0.25) is 0 Å². The number of phenols is 1. The van der Waals surface area contributed by atoms with Gasteiger partial charge in [0.15, 0.2) is 0 Å². The van der Waals surface area contributed by atoms with E-state index < -0.39 is 10.4 Å². The molecule has 0 unspecified atom stereocenters. The fourth-order valence-electron chi connectivity index (χ4n) is 6.63. The first-order valence-corrected chi connectivity index (χ1v) is 22.4. The van der Waals surface area contributed by atoms with Crippen molar-refractivity contribution in [2.75, 3.05) is 52.4 Å². The van der Waals surface area contributed by atoms with Crippen molar-refractivity contribution >= 4 is 10.4 Å². The van der Waals surface area contributed by atoms with E-state index in [0.717, 1.165) is 11.1 Å². The molecule has 0 radical (unpaired) electrons. The molecule has 0 saturated heterocycles. The second-order valence-electron chi connectivity index (χ2n) is 14.6. The van der Waals surface area contributed by atoms with Gasteiger partial charge in [-0.3, -0.25) is 8.42 Å². The normalized spacial score (nSPS) is 11.4. The average molecular weight is 751 g/mol. The molecule has 0 aromatic heterocycles. The van der Waals surface area contributed by atoms with Crippen LogP contribution in [0.1, 0.15) is 158 Å². The average Bonchev–Trinajstić information content (AvgIpc) is 3.14. The molecule has 1 N–H and O–H groups in total. The Morgan fingerprint density at radius 3 is 0.904 bits per heavy atom. The van der Waals surface area contributed by atoms with Crippen LogP contribution in [0.4, 0.5) is 0 Å². The van der Waals surface area contributed by atoms with Crippen LogP contribution >= 0.6 is 0 Å². The van der Waals surface area contributed by atoms with Crippen molar-refractivity contribution < 1.29 is 31.6 Å². The van der Waals surface area contributed by atoms with Crippen LogP contribution in [0.25, 0.3) is 11.1 Å². The molecule has 0 aliphatic heterocycles. The molecule has 0 fully saturated rings. The van der Waals surface area contributed by atoms with Crippen LogP contribution in [0.15, 0.2) is 54.6 Å². The molecule has 0 atom stereocenters. The quantitative estimate of drug-likeness (QED) is 0.0618. The molecule has 0 heterocycles. The van der Waals surface area contributed by atoms with Crippen LogP contribution in [0, 0.1) is 0 Å². The van der Waals surface area contributed by atoms with Gasteiger partial charge in [0.1, 0.15) is 5.75 Å². The zero-order valence-corrected chi connectivity index (χ0v) is 35.9. The molecule has 2 aromatic rings. The van der Waals surface area contributed by atoms with Crippen molar-refractivity contribution in [2.45, 2.75) is 158 Å². The number of hydrogen-bond donors (Lipinski definition) is 1. The van der Waals surface area contributed by atoms with Gasteiger partial charge in [0.25, 0.3) is 0 Å². The van der Waals surface area contributed by atoms with E-state index in [1.807, 2.05) is 48.5 Å². The van der Waals surface area contributed by atoms with Gasteiger partial charge in [-0.2, -0.15) is 0 Å². The van der Waals surface area contributed by atoms with E-state index in [1.54, 1.807) is 6.07 Å². The maximum Gasteiger partial charge on any atom is 0.123 e. The lowest BCUT2D eigenvalue weighted by Crippen LogP contribution is -2.50. The summed E-state index contributed by atoms with van der Waals surface area (Å²) in [7, 11) is -5.17. The van der Waals surface area contributed by atoms with Gasteiger partial charge < -0.3 is 23.2 Å². The van der Waals surface area contributed by atoms with Crippen molar-refractivity contribution in [3.8, 4) is 16.9 Å². The van der Waals surface area contributed by atoms with E-state index in [4.69, 9.17) is 17.5 Å². The summed E-state index contributed by atoms with van der Waals surface area (Å²) in [6, 6.07) is 17.2. The monoisotopic (exact) mass is 751 g/mol. The minimum atomic E-state index is -5.17. The third-order valence-electron chi connectivity index (χ3n) is 9.88. The third kappa shape index (κ3) is 28.5. The Bertz CT molecular complexity index is 1040. The first-order valence-electron chi connectivity index (χ1n) is 21.1. The standard InChI is InChI=1S/2C16H36N.C12H10O.H2O4S/c2*1-5-9-13-17(14-10-6-2,15-11-7-3)16-12-8-4;13-12-9-5-4-8-11(12)10-6-2-1-3-7-10;1-5(2,3)4/h2*5-16H2,1-4H3;1-9,13H;(H2,1,2,3,4)/q2*+1;;/p-2. The molecule has 0 saturated carbocycles. The number of phenolic OH excluding ortho intramolecular Hbond substituents is 1. The minimum absolute atomic E-state index is 0.328. The Morgan fingerprint density at radius 1 is 0.442 bits per heavy atom. The van der Waals surface area contributed by atoms with Crippen LogP contribution in [-0.2, 0) is 10.4 Å². The SMILES string of the molecule is CCCC[N+](CCCC)(CCCC)CCCC.CCCC[N+](CCCC)(CCCC)CCCC.O=S(=O)([O-])[O-].Oc1ccccc1-c1ccccc1. The number of benzene rings is 2. The highest BCUT2D eigenvalue weighted by molar-refractivity contribution is 7.79.